The zero-order chi connectivity index (χ0) is 17.3. The van der Waals surface area contributed by atoms with Crippen molar-refractivity contribution in [1.82, 2.24) is 0 Å². The van der Waals surface area contributed by atoms with Crippen LogP contribution in [0.25, 0.3) is 0 Å². The molecule has 0 aliphatic carbocycles. The van der Waals surface area contributed by atoms with Crippen LogP contribution in [0.15, 0.2) is 42.5 Å². The molecular weight excluding hydrogens is 311 g/mol. The van der Waals surface area contributed by atoms with E-state index in [1.807, 2.05) is 0 Å². The zero-order valence-electron chi connectivity index (χ0n) is 13.4. The van der Waals surface area contributed by atoms with Crippen molar-refractivity contribution in [1.29, 1.82) is 0 Å². The van der Waals surface area contributed by atoms with Crippen LogP contribution in [0.3, 0.4) is 0 Å². The molecule has 124 valence electrons. The fourth-order valence-corrected chi connectivity index (χ4v) is 2.58. The molecule has 1 aliphatic heterocycles. The third kappa shape index (κ3) is 3.08. The summed E-state index contributed by atoms with van der Waals surface area (Å²) in [7, 11) is 0. The lowest BCUT2D eigenvalue weighted by atomic mass is 10.1. The summed E-state index contributed by atoms with van der Waals surface area (Å²) in [6.07, 6.45) is -0.663. The third-order valence-corrected chi connectivity index (χ3v) is 3.85. The van der Waals surface area contributed by atoms with Crippen molar-refractivity contribution < 1.29 is 18.7 Å². The molecule has 6 heteroatoms. The Hall–Kier alpha value is -2.89. The van der Waals surface area contributed by atoms with Gasteiger partial charge in [-0.15, -0.1) is 0 Å². The molecule has 1 aliphatic rings. The van der Waals surface area contributed by atoms with Crippen LogP contribution in [0.2, 0.25) is 0 Å². The molecule has 3 rings (SSSR count). The Kier molecular flexibility index (Phi) is 4.20. The highest BCUT2D eigenvalue weighted by molar-refractivity contribution is 6.06. The number of amides is 2. The predicted octanol–water partition coefficient (Wildman–Crippen LogP) is 2.89. The van der Waals surface area contributed by atoms with Gasteiger partial charge in [0, 0.05) is 5.69 Å². The number of carbonyl (C=O) groups excluding carboxylic acids is 2. The number of aryl methyl sites for hydroxylation is 1. The summed E-state index contributed by atoms with van der Waals surface area (Å²) in [5.74, 6) is -0.572. The quantitative estimate of drug-likeness (QED) is 0.942. The summed E-state index contributed by atoms with van der Waals surface area (Å²) < 4.78 is 18.9. The number of rotatable bonds is 3. The van der Waals surface area contributed by atoms with Crippen LogP contribution in [0.5, 0.6) is 5.75 Å². The van der Waals surface area contributed by atoms with Gasteiger partial charge in [-0.1, -0.05) is 18.2 Å². The first-order valence-corrected chi connectivity index (χ1v) is 7.59. The van der Waals surface area contributed by atoms with Gasteiger partial charge in [-0.05, 0) is 43.7 Å². The molecule has 1 unspecified atom stereocenters. The smallest absolute Gasteiger partial charge is 0.268 e. The Bertz CT molecular complexity index is 807. The number of para-hydroxylation sites is 2. The van der Waals surface area contributed by atoms with E-state index >= 15 is 0 Å². The minimum Gasteiger partial charge on any atom is -0.479 e. The van der Waals surface area contributed by atoms with Crippen LogP contribution >= 0.6 is 0 Å². The highest BCUT2D eigenvalue weighted by Crippen LogP contribution is 2.33. The van der Waals surface area contributed by atoms with Crippen LogP contribution in [0.1, 0.15) is 12.5 Å². The highest BCUT2D eigenvalue weighted by atomic mass is 19.1. The van der Waals surface area contributed by atoms with E-state index in [0.29, 0.717) is 17.1 Å². The Morgan fingerprint density at radius 3 is 2.83 bits per heavy atom. The molecule has 0 aromatic heterocycles. The van der Waals surface area contributed by atoms with Crippen molar-refractivity contribution in [2.24, 2.45) is 0 Å². The van der Waals surface area contributed by atoms with Crippen molar-refractivity contribution in [2.75, 3.05) is 16.8 Å². The van der Waals surface area contributed by atoms with Crippen LogP contribution in [-0.4, -0.2) is 24.5 Å². The van der Waals surface area contributed by atoms with Crippen molar-refractivity contribution in [3.8, 4) is 5.75 Å². The van der Waals surface area contributed by atoms with Gasteiger partial charge in [0.25, 0.3) is 5.91 Å². The molecule has 2 amide bonds. The monoisotopic (exact) mass is 328 g/mol. The largest absolute Gasteiger partial charge is 0.479 e. The van der Waals surface area contributed by atoms with E-state index < -0.39 is 17.8 Å². The fraction of sp³-hybridized carbons (Fsp3) is 0.222. The molecule has 0 spiro atoms. The number of hydrogen-bond acceptors (Lipinski definition) is 3. The van der Waals surface area contributed by atoms with Gasteiger partial charge in [0.15, 0.2) is 6.10 Å². The molecule has 0 bridgehead atoms. The van der Waals surface area contributed by atoms with Crippen molar-refractivity contribution in [3.05, 3.63) is 53.8 Å². The number of benzene rings is 2. The van der Waals surface area contributed by atoms with Gasteiger partial charge in [0.1, 0.15) is 18.1 Å². The lowest BCUT2D eigenvalue weighted by Crippen LogP contribution is -2.47. The van der Waals surface area contributed by atoms with Crippen LogP contribution in [-0.2, 0) is 9.59 Å². The number of anilines is 2. The molecule has 1 N–H and O–H groups in total. The Morgan fingerprint density at radius 1 is 1.29 bits per heavy atom. The van der Waals surface area contributed by atoms with E-state index in [1.54, 1.807) is 44.2 Å². The number of carbonyl (C=O) groups is 2. The van der Waals surface area contributed by atoms with Gasteiger partial charge in [0.2, 0.25) is 5.91 Å². The first-order chi connectivity index (χ1) is 11.5. The number of nitrogens with zero attached hydrogens (tertiary/aromatic N) is 1. The van der Waals surface area contributed by atoms with E-state index in [1.165, 1.54) is 17.0 Å². The summed E-state index contributed by atoms with van der Waals surface area (Å²) in [6.45, 7) is 3.24. The number of hydrogen-bond donors (Lipinski definition) is 1. The van der Waals surface area contributed by atoms with Gasteiger partial charge in [0.05, 0.1) is 5.69 Å². The van der Waals surface area contributed by atoms with Crippen molar-refractivity contribution >= 4 is 23.2 Å². The predicted molar refractivity (Wildman–Crippen MR) is 88.7 cm³/mol. The van der Waals surface area contributed by atoms with Crippen LogP contribution in [0, 0.1) is 12.7 Å². The molecule has 0 saturated heterocycles. The van der Waals surface area contributed by atoms with E-state index in [0.717, 1.165) is 5.56 Å². The third-order valence-electron chi connectivity index (χ3n) is 3.85. The molecule has 2 aromatic rings. The van der Waals surface area contributed by atoms with Gasteiger partial charge in [-0.2, -0.15) is 0 Å². The highest BCUT2D eigenvalue weighted by Gasteiger charge is 2.32. The minimum atomic E-state index is -0.663. The molecule has 1 atom stereocenters. The fourth-order valence-electron chi connectivity index (χ4n) is 2.58. The van der Waals surface area contributed by atoms with Crippen LogP contribution < -0.4 is 15.0 Å². The van der Waals surface area contributed by atoms with E-state index in [9.17, 15) is 14.0 Å². The van der Waals surface area contributed by atoms with Crippen molar-refractivity contribution in [3.63, 3.8) is 0 Å². The zero-order valence-corrected chi connectivity index (χ0v) is 13.4. The van der Waals surface area contributed by atoms with E-state index in [4.69, 9.17) is 4.74 Å². The maximum absolute atomic E-state index is 13.3. The molecule has 2 aromatic carbocycles. The second kappa shape index (κ2) is 6.31. The number of nitrogens with one attached hydrogen (secondary N) is 1. The van der Waals surface area contributed by atoms with E-state index in [2.05, 4.69) is 5.32 Å². The molecule has 0 radical (unpaired) electrons. The molecular formula is C18H17FN2O3. The SMILES string of the molecule is Cc1ccc(F)cc1NC(=O)CN1C(=O)C(C)Oc2ccccc21. The van der Waals surface area contributed by atoms with Gasteiger partial charge in [-0.3, -0.25) is 14.5 Å². The minimum absolute atomic E-state index is 0.167. The Balaban J connectivity index is 1.81. The molecule has 0 saturated carbocycles. The maximum atomic E-state index is 13.3. The molecule has 5 nitrogen and oxygen atoms in total. The second-order valence-corrected chi connectivity index (χ2v) is 5.66. The van der Waals surface area contributed by atoms with Gasteiger partial charge in [-0.25, -0.2) is 4.39 Å². The molecule has 0 fully saturated rings. The van der Waals surface area contributed by atoms with Crippen molar-refractivity contribution in [2.45, 2.75) is 20.0 Å². The van der Waals surface area contributed by atoms with Gasteiger partial charge < -0.3 is 10.1 Å². The first-order valence-electron chi connectivity index (χ1n) is 7.59. The normalized spacial score (nSPS) is 16.4. The van der Waals surface area contributed by atoms with E-state index in [-0.39, 0.29) is 12.5 Å². The second-order valence-electron chi connectivity index (χ2n) is 5.66. The standard InChI is InChI=1S/C18H17FN2O3/c1-11-7-8-13(19)9-14(11)20-17(22)10-21-15-5-3-4-6-16(15)24-12(2)18(21)23/h3-9,12H,10H2,1-2H3,(H,20,22). The Morgan fingerprint density at radius 2 is 2.04 bits per heavy atom. The first kappa shape index (κ1) is 16.0. The average molecular weight is 328 g/mol. The summed E-state index contributed by atoms with van der Waals surface area (Å²) in [5.41, 5.74) is 1.68. The summed E-state index contributed by atoms with van der Waals surface area (Å²) in [4.78, 5) is 26.1. The summed E-state index contributed by atoms with van der Waals surface area (Å²) in [6, 6.07) is 11.2. The Labute approximate surface area is 139 Å². The summed E-state index contributed by atoms with van der Waals surface area (Å²) in [5, 5.41) is 2.65. The van der Waals surface area contributed by atoms with Gasteiger partial charge >= 0.3 is 0 Å². The maximum Gasteiger partial charge on any atom is 0.268 e. The lowest BCUT2D eigenvalue weighted by Gasteiger charge is -2.32. The number of ether oxygens (including phenoxy) is 1. The van der Waals surface area contributed by atoms with Crippen LogP contribution in [0.4, 0.5) is 15.8 Å². The number of halogens is 1. The number of fused-ring (bicyclic) bond motifs is 1. The lowest BCUT2D eigenvalue weighted by molar-refractivity contribution is -0.127. The molecule has 1 heterocycles. The summed E-state index contributed by atoms with van der Waals surface area (Å²) >= 11 is 0. The molecule has 24 heavy (non-hydrogen) atoms. The average Bonchev–Trinajstić information content (AvgIpc) is 2.55. The topological polar surface area (TPSA) is 58.6 Å².